The fourth-order valence-electron chi connectivity index (χ4n) is 5.08. The van der Waals surface area contributed by atoms with Crippen LogP contribution in [0, 0.1) is 11.8 Å². The summed E-state index contributed by atoms with van der Waals surface area (Å²) in [5.41, 5.74) is 0. The third-order valence-electron chi connectivity index (χ3n) is 6.84. The Balaban J connectivity index is 2.21. The lowest BCUT2D eigenvalue weighted by atomic mass is 9.75. The lowest BCUT2D eigenvalue weighted by Crippen LogP contribution is -2.32. The van der Waals surface area contributed by atoms with Crippen LogP contribution in [-0.4, -0.2) is 24.4 Å². The van der Waals surface area contributed by atoms with Crippen LogP contribution in [0.5, 0.6) is 0 Å². The molecule has 1 aliphatic carbocycles. The average Bonchev–Trinajstić information content (AvgIpc) is 2.71. The molecule has 3 atom stereocenters. The standard InChI is InChI=1S/C26H52O2/c1-3-5-7-9-11-13-15-17-24-19-20-26(28-22-21-27)25(23-24)18-16-14-12-10-8-6-4-2/h24-27H,3-23H2,1-2H3. The smallest absolute Gasteiger partial charge is 0.0701 e. The van der Waals surface area contributed by atoms with Gasteiger partial charge in [-0.05, 0) is 37.5 Å². The van der Waals surface area contributed by atoms with E-state index in [4.69, 9.17) is 9.84 Å². The summed E-state index contributed by atoms with van der Waals surface area (Å²) in [5.74, 6) is 1.67. The van der Waals surface area contributed by atoms with Crippen LogP contribution in [0.2, 0.25) is 0 Å². The summed E-state index contributed by atoms with van der Waals surface area (Å²) in [6.45, 7) is 5.28. The monoisotopic (exact) mass is 396 g/mol. The fraction of sp³-hybridized carbons (Fsp3) is 1.00. The third kappa shape index (κ3) is 13.2. The van der Waals surface area contributed by atoms with E-state index >= 15 is 0 Å². The van der Waals surface area contributed by atoms with E-state index in [1.807, 2.05) is 0 Å². The molecule has 2 nitrogen and oxygen atoms in total. The van der Waals surface area contributed by atoms with Gasteiger partial charge in [-0.1, -0.05) is 110 Å². The minimum atomic E-state index is 0.169. The van der Waals surface area contributed by atoms with Crippen molar-refractivity contribution in [2.75, 3.05) is 13.2 Å². The van der Waals surface area contributed by atoms with Gasteiger partial charge in [0, 0.05) is 0 Å². The Morgan fingerprint density at radius 2 is 1.21 bits per heavy atom. The van der Waals surface area contributed by atoms with E-state index in [0.29, 0.717) is 12.7 Å². The molecule has 0 saturated heterocycles. The zero-order valence-corrected chi connectivity index (χ0v) is 19.4. The molecule has 0 aliphatic heterocycles. The van der Waals surface area contributed by atoms with Crippen molar-refractivity contribution in [3.63, 3.8) is 0 Å². The molecule has 1 fully saturated rings. The second-order valence-electron chi connectivity index (χ2n) is 9.39. The minimum Gasteiger partial charge on any atom is -0.394 e. The van der Waals surface area contributed by atoms with Crippen LogP contribution in [0.25, 0.3) is 0 Å². The van der Waals surface area contributed by atoms with Crippen LogP contribution in [0.4, 0.5) is 0 Å². The molecular weight excluding hydrogens is 344 g/mol. The highest BCUT2D eigenvalue weighted by Crippen LogP contribution is 2.37. The maximum absolute atomic E-state index is 9.15. The van der Waals surface area contributed by atoms with Gasteiger partial charge in [0.05, 0.1) is 19.3 Å². The first kappa shape index (κ1) is 26.0. The lowest BCUT2D eigenvalue weighted by Gasteiger charge is -2.36. The van der Waals surface area contributed by atoms with Crippen molar-refractivity contribution >= 4 is 0 Å². The van der Waals surface area contributed by atoms with Gasteiger partial charge in [-0.2, -0.15) is 0 Å². The van der Waals surface area contributed by atoms with Gasteiger partial charge >= 0.3 is 0 Å². The third-order valence-corrected chi connectivity index (χ3v) is 6.84. The molecule has 3 unspecified atom stereocenters. The number of ether oxygens (including phenoxy) is 1. The summed E-state index contributed by atoms with van der Waals surface area (Å²) >= 11 is 0. The average molecular weight is 397 g/mol. The molecule has 168 valence electrons. The van der Waals surface area contributed by atoms with Crippen LogP contribution in [0.3, 0.4) is 0 Å². The molecule has 0 heterocycles. The van der Waals surface area contributed by atoms with Crippen LogP contribution in [0.1, 0.15) is 136 Å². The second kappa shape index (κ2) is 18.9. The van der Waals surface area contributed by atoms with Gasteiger partial charge in [-0.3, -0.25) is 0 Å². The number of hydrogen-bond acceptors (Lipinski definition) is 2. The number of aliphatic hydroxyl groups is 1. The van der Waals surface area contributed by atoms with E-state index in [9.17, 15) is 0 Å². The summed E-state index contributed by atoms with van der Waals surface area (Å²) in [5, 5.41) is 9.15. The van der Waals surface area contributed by atoms with Crippen molar-refractivity contribution in [3.8, 4) is 0 Å². The highest BCUT2D eigenvalue weighted by molar-refractivity contribution is 4.81. The first-order chi connectivity index (χ1) is 13.8. The van der Waals surface area contributed by atoms with Gasteiger partial charge in [0.15, 0.2) is 0 Å². The molecular formula is C26H52O2. The van der Waals surface area contributed by atoms with Gasteiger partial charge in [0.25, 0.3) is 0 Å². The number of hydrogen-bond donors (Lipinski definition) is 1. The Bertz CT molecular complexity index is 318. The Hall–Kier alpha value is -0.0800. The highest BCUT2D eigenvalue weighted by atomic mass is 16.5. The first-order valence-corrected chi connectivity index (χ1v) is 13.0. The molecule has 0 bridgehead atoms. The molecule has 0 radical (unpaired) electrons. The molecule has 0 aromatic rings. The van der Waals surface area contributed by atoms with Crippen LogP contribution >= 0.6 is 0 Å². The molecule has 2 heteroatoms. The van der Waals surface area contributed by atoms with Crippen molar-refractivity contribution in [3.05, 3.63) is 0 Å². The van der Waals surface area contributed by atoms with E-state index in [-0.39, 0.29) is 6.61 Å². The van der Waals surface area contributed by atoms with Crippen molar-refractivity contribution in [1.29, 1.82) is 0 Å². The molecule has 0 amide bonds. The highest BCUT2D eigenvalue weighted by Gasteiger charge is 2.30. The molecule has 1 aliphatic rings. The molecule has 1 saturated carbocycles. The fourth-order valence-corrected chi connectivity index (χ4v) is 5.08. The van der Waals surface area contributed by atoms with Crippen molar-refractivity contribution < 1.29 is 9.84 Å². The van der Waals surface area contributed by atoms with Gasteiger partial charge < -0.3 is 9.84 Å². The number of aliphatic hydroxyl groups excluding tert-OH is 1. The van der Waals surface area contributed by atoms with Crippen LogP contribution in [-0.2, 0) is 4.74 Å². The van der Waals surface area contributed by atoms with E-state index in [0.717, 1.165) is 11.8 Å². The summed E-state index contributed by atoms with van der Waals surface area (Å²) < 4.78 is 6.03. The van der Waals surface area contributed by atoms with Crippen molar-refractivity contribution in [1.82, 2.24) is 0 Å². The van der Waals surface area contributed by atoms with Crippen LogP contribution in [0.15, 0.2) is 0 Å². The molecule has 28 heavy (non-hydrogen) atoms. The largest absolute Gasteiger partial charge is 0.394 e. The Morgan fingerprint density at radius 3 is 1.79 bits per heavy atom. The van der Waals surface area contributed by atoms with E-state index < -0.39 is 0 Å². The van der Waals surface area contributed by atoms with E-state index in [1.165, 1.54) is 122 Å². The first-order valence-electron chi connectivity index (χ1n) is 13.0. The Morgan fingerprint density at radius 1 is 0.679 bits per heavy atom. The Kier molecular flexibility index (Phi) is 17.5. The normalized spacial score (nSPS) is 22.6. The number of unbranched alkanes of at least 4 members (excludes halogenated alkanes) is 12. The molecule has 1 N–H and O–H groups in total. The summed E-state index contributed by atoms with van der Waals surface area (Å²) in [6.07, 6.45) is 26.9. The summed E-state index contributed by atoms with van der Waals surface area (Å²) in [4.78, 5) is 0. The molecule has 0 spiro atoms. The topological polar surface area (TPSA) is 29.5 Å². The van der Waals surface area contributed by atoms with E-state index in [2.05, 4.69) is 13.8 Å². The lowest BCUT2D eigenvalue weighted by molar-refractivity contribution is -0.0392. The van der Waals surface area contributed by atoms with Crippen molar-refractivity contribution in [2.45, 2.75) is 142 Å². The summed E-state index contributed by atoms with van der Waals surface area (Å²) in [7, 11) is 0. The molecule has 0 aromatic heterocycles. The second-order valence-corrected chi connectivity index (χ2v) is 9.39. The predicted molar refractivity (Wildman–Crippen MR) is 123 cm³/mol. The summed E-state index contributed by atoms with van der Waals surface area (Å²) in [6, 6.07) is 0. The SMILES string of the molecule is CCCCCCCCCC1CCC(OCCO)C(CCCCCCCCC)C1. The number of rotatable bonds is 19. The maximum Gasteiger partial charge on any atom is 0.0701 e. The quantitative estimate of drug-likeness (QED) is 0.224. The Labute approximate surface area is 177 Å². The minimum absolute atomic E-state index is 0.169. The van der Waals surface area contributed by atoms with Crippen molar-refractivity contribution in [2.24, 2.45) is 11.8 Å². The van der Waals surface area contributed by atoms with Crippen LogP contribution < -0.4 is 0 Å². The van der Waals surface area contributed by atoms with Gasteiger partial charge in [-0.15, -0.1) is 0 Å². The zero-order valence-electron chi connectivity index (χ0n) is 19.4. The van der Waals surface area contributed by atoms with Gasteiger partial charge in [-0.25, -0.2) is 0 Å². The predicted octanol–water partition coefficient (Wildman–Crippen LogP) is 8.06. The molecule has 1 rings (SSSR count). The maximum atomic E-state index is 9.15. The zero-order chi connectivity index (χ0) is 20.3. The molecule has 0 aromatic carbocycles. The van der Waals surface area contributed by atoms with Gasteiger partial charge in [0.2, 0.25) is 0 Å². The van der Waals surface area contributed by atoms with E-state index in [1.54, 1.807) is 0 Å². The van der Waals surface area contributed by atoms with Gasteiger partial charge in [0.1, 0.15) is 0 Å².